The Bertz CT molecular complexity index is 1180. The van der Waals surface area contributed by atoms with E-state index in [1.54, 1.807) is 42.5 Å². The normalized spacial score (nSPS) is 10.8. The first-order chi connectivity index (χ1) is 12.6. The van der Waals surface area contributed by atoms with E-state index in [9.17, 15) is 14.7 Å². The van der Waals surface area contributed by atoms with Crippen LogP contribution in [-0.4, -0.2) is 21.0 Å². The molecule has 0 bridgehead atoms. The Balaban J connectivity index is 1.78. The van der Waals surface area contributed by atoms with Gasteiger partial charge in [0, 0.05) is 5.56 Å². The molecule has 1 aromatic heterocycles. The largest absolute Gasteiger partial charge is 0.478 e. The highest BCUT2D eigenvalue weighted by Crippen LogP contribution is 2.26. The first-order valence-corrected chi connectivity index (χ1v) is 8.06. The standard InChI is InChI=1S/C21H14N2O3/c24-20-17-7-3-4-8-18(17)22-19(23-20)14-11-9-13(10-12-14)15-5-1-2-6-16(15)21(25)26/h1-12H,(H,25,26)(H,22,23,24). The number of nitrogens with one attached hydrogen (secondary N) is 1. The lowest BCUT2D eigenvalue weighted by atomic mass is 9.98. The molecule has 3 aromatic carbocycles. The number of para-hydroxylation sites is 1. The van der Waals surface area contributed by atoms with E-state index in [0.717, 1.165) is 11.1 Å². The summed E-state index contributed by atoms with van der Waals surface area (Å²) in [6.45, 7) is 0. The number of carbonyl (C=O) groups is 1. The first kappa shape index (κ1) is 15.8. The van der Waals surface area contributed by atoms with Crippen LogP contribution in [0.3, 0.4) is 0 Å². The molecule has 0 unspecified atom stereocenters. The number of rotatable bonds is 3. The number of benzene rings is 3. The third kappa shape index (κ3) is 2.75. The molecule has 5 nitrogen and oxygen atoms in total. The van der Waals surface area contributed by atoms with Gasteiger partial charge in [0.05, 0.1) is 16.5 Å². The van der Waals surface area contributed by atoms with E-state index in [2.05, 4.69) is 9.97 Å². The van der Waals surface area contributed by atoms with Crippen LogP contribution in [0.15, 0.2) is 77.6 Å². The summed E-state index contributed by atoms with van der Waals surface area (Å²) < 4.78 is 0. The van der Waals surface area contributed by atoms with Crippen LogP contribution in [0.2, 0.25) is 0 Å². The Kier molecular flexibility index (Phi) is 3.82. The molecule has 0 saturated heterocycles. The van der Waals surface area contributed by atoms with Crippen molar-refractivity contribution in [2.75, 3.05) is 0 Å². The van der Waals surface area contributed by atoms with Gasteiger partial charge < -0.3 is 10.1 Å². The molecule has 0 atom stereocenters. The Hall–Kier alpha value is -3.73. The van der Waals surface area contributed by atoms with E-state index in [-0.39, 0.29) is 11.1 Å². The fourth-order valence-electron chi connectivity index (χ4n) is 2.95. The van der Waals surface area contributed by atoms with Gasteiger partial charge in [-0.3, -0.25) is 4.79 Å². The summed E-state index contributed by atoms with van der Waals surface area (Å²) in [5.41, 5.74) is 2.88. The maximum atomic E-state index is 12.2. The zero-order valence-corrected chi connectivity index (χ0v) is 13.6. The number of aromatic nitrogens is 2. The molecule has 5 heteroatoms. The van der Waals surface area contributed by atoms with Gasteiger partial charge in [-0.1, -0.05) is 54.6 Å². The molecule has 0 aliphatic rings. The average Bonchev–Trinajstić information content (AvgIpc) is 2.68. The predicted octanol–water partition coefficient (Wildman–Crippen LogP) is 3.96. The zero-order chi connectivity index (χ0) is 18.1. The van der Waals surface area contributed by atoms with Gasteiger partial charge in [-0.2, -0.15) is 0 Å². The van der Waals surface area contributed by atoms with Crippen LogP contribution in [0, 0.1) is 0 Å². The van der Waals surface area contributed by atoms with Crippen molar-refractivity contribution in [1.29, 1.82) is 0 Å². The van der Waals surface area contributed by atoms with Gasteiger partial charge in [-0.15, -0.1) is 0 Å². The lowest BCUT2D eigenvalue weighted by Gasteiger charge is -2.08. The zero-order valence-electron chi connectivity index (χ0n) is 13.6. The van der Waals surface area contributed by atoms with Crippen LogP contribution in [0.4, 0.5) is 0 Å². The molecule has 0 amide bonds. The Morgan fingerprint density at radius 3 is 2.27 bits per heavy atom. The molecule has 2 N–H and O–H groups in total. The minimum atomic E-state index is -0.967. The van der Waals surface area contributed by atoms with Crippen molar-refractivity contribution in [3.05, 3.63) is 88.7 Å². The minimum absolute atomic E-state index is 0.189. The molecule has 1 heterocycles. The second kappa shape index (κ2) is 6.29. The fraction of sp³-hybridized carbons (Fsp3) is 0. The first-order valence-electron chi connectivity index (χ1n) is 8.06. The summed E-state index contributed by atoms with van der Waals surface area (Å²) in [6.07, 6.45) is 0. The van der Waals surface area contributed by atoms with Crippen LogP contribution in [0.5, 0.6) is 0 Å². The Morgan fingerprint density at radius 1 is 0.846 bits per heavy atom. The van der Waals surface area contributed by atoms with E-state index < -0.39 is 5.97 Å². The number of carboxylic acid groups (broad SMARTS) is 1. The molecular weight excluding hydrogens is 328 g/mol. The van der Waals surface area contributed by atoms with Crippen LogP contribution in [-0.2, 0) is 0 Å². The predicted molar refractivity (Wildman–Crippen MR) is 100 cm³/mol. The molecule has 26 heavy (non-hydrogen) atoms. The third-order valence-electron chi connectivity index (χ3n) is 4.24. The Morgan fingerprint density at radius 2 is 1.50 bits per heavy atom. The van der Waals surface area contributed by atoms with E-state index in [1.165, 1.54) is 0 Å². The third-order valence-corrected chi connectivity index (χ3v) is 4.24. The molecular formula is C21H14N2O3. The maximum Gasteiger partial charge on any atom is 0.336 e. The van der Waals surface area contributed by atoms with Crippen molar-refractivity contribution in [3.63, 3.8) is 0 Å². The van der Waals surface area contributed by atoms with E-state index >= 15 is 0 Å². The van der Waals surface area contributed by atoms with Crippen molar-refractivity contribution >= 4 is 16.9 Å². The van der Waals surface area contributed by atoms with Gasteiger partial charge in [-0.05, 0) is 29.3 Å². The van der Waals surface area contributed by atoms with Crippen molar-refractivity contribution in [2.24, 2.45) is 0 Å². The highest BCUT2D eigenvalue weighted by atomic mass is 16.4. The molecule has 0 radical (unpaired) electrons. The van der Waals surface area contributed by atoms with E-state index in [0.29, 0.717) is 22.3 Å². The molecule has 126 valence electrons. The lowest BCUT2D eigenvalue weighted by Crippen LogP contribution is -2.09. The number of aromatic amines is 1. The highest BCUT2D eigenvalue weighted by molar-refractivity contribution is 5.96. The molecule has 0 saturated carbocycles. The van der Waals surface area contributed by atoms with Gasteiger partial charge in [0.25, 0.3) is 5.56 Å². The number of nitrogens with zero attached hydrogens (tertiary/aromatic N) is 1. The Labute approximate surface area is 148 Å². The summed E-state index contributed by atoms with van der Waals surface area (Å²) in [5, 5.41) is 9.89. The molecule has 0 fully saturated rings. The van der Waals surface area contributed by atoms with Crippen molar-refractivity contribution < 1.29 is 9.90 Å². The molecule has 0 spiro atoms. The lowest BCUT2D eigenvalue weighted by molar-refractivity contribution is 0.0697. The molecule has 4 rings (SSSR count). The van der Waals surface area contributed by atoms with Crippen LogP contribution >= 0.6 is 0 Å². The van der Waals surface area contributed by atoms with Crippen LogP contribution in [0.25, 0.3) is 33.4 Å². The monoisotopic (exact) mass is 342 g/mol. The van der Waals surface area contributed by atoms with Gasteiger partial charge in [-0.25, -0.2) is 9.78 Å². The quantitative estimate of drug-likeness (QED) is 0.590. The average molecular weight is 342 g/mol. The van der Waals surface area contributed by atoms with Gasteiger partial charge >= 0.3 is 5.97 Å². The van der Waals surface area contributed by atoms with Gasteiger partial charge in [0.15, 0.2) is 0 Å². The van der Waals surface area contributed by atoms with E-state index in [4.69, 9.17) is 0 Å². The second-order valence-electron chi connectivity index (χ2n) is 5.86. The van der Waals surface area contributed by atoms with Crippen molar-refractivity contribution in [3.8, 4) is 22.5 Å². The van der Waals surface area contributed by atoms with Crippen LogP contribution in [0.1, 0.15) is 10.4 Å². The fourth-order valence-corrected chi connectivity index (χ4v) is 2.95. The number of H-pyrrole nitrogens is 1. The summed E-state index contributed by atoms with van der Waals surface area (Å²) in [4.78, 5) is 30.9. The van der Waals surface area contributed by atoms with Gasteiger partial charge in [0.1, 0.15) is 5.82 Å². The maximum absolute atomic E-state index is 12.2. The highest BCUT2D eigenvalue weighted by Gasteiger charge is 2.11. The number of hydrogen-bond acceptors (Lipinski definition) is 3. The second-order valence-corrected chi connectivity index (χ2v) is 5.86. The smallest absolute Gasteiger partial charge is 0.336 e. The summed E-state index contributed by atoms with van der Waals surface area (Å²) in [6, 6.07) is 21.3. The number of fused-ring (bicyclic) bond motifs is 1. The van der Waals surface area contributed by atoms with Gasteiger partial charge in [0.2, 0.25) is 0 Å². The number of carboxylic acids is 1. The summed E-state index contributed by atoms with van der Waals surface area (Å²) in [5.74, 6) is -0.489. The number of aromatic carboxylic acids is 1. The van der Waals surface area contributed by atoms with Crippen molar-refractivity contribution in [2.45, 2.75) is 0 Å². The van der Waals surface area contributed by atoms with Crippen LogP contribution < -0.4 is 5.56 Å². The van der Waals surface area contributed by atoms with Crippen molar-refractivity contribution in [1.82, 2.24) is 9.97 Å². The number of hydrogen-bond donors (Lipinski definition) is 2. The minimum Gasteiger partial charge on any atom is -0.478 e. The molecule has 0 aliphatic carbocycles. The summed E-state index contributed by atoms with van der Waals surface area (Å²) >= 11 is 0. The molecule has 4 aromatic rings. The molecule has 0 aliphatic heterocycles. The summed E-state index contributed by atoms with van der Waals surface area (Å²) in [7, 11) is 0. The topological polar surface area (TPSA) is 83.0 Å². The van der Waals surface area contributed by atoms with E-state index in [1.807, 2.05) is 30.3 Å². The SMILES string of the molecule is O=C(O)c1ccccc1-c1ccc(-c2nc3ccccc3c(=O)[nH]2)cc1.